The van der Waals surface area contributed by atoms with E-state index in [4.69, 9.17) is 20.8 Å². The maximum Gasteiger partial charge on any atom is 0.310 e. The molecule has 0 saturated carbocycles. The normalized spacial score (nSPS) is 10.7. The van der Waals surface area contributed by atoms with Crippen molar-refractivity contribution in [2.75, 3.05) is 5.32 Å². The van der Waals surface area contributed by atoms with Crippen LogP contribution in [0.25, 0.3) is 0 Å². The van der Waals surface area contributed by atoms with Crippen LogP contribution < -0.4 is 10.1 Å². The van der Waals surface area contributed by atoms with E-state index in [0.717, 1.165) is 5.56 Å². The molecule has 4 rings (SSSR count). The van der Waals surface area contributed by atoms with Gasteiger partial charge in [-0.2, -0.15) is 5.10 Å². The summed E-state index contributed by atoms with van der Waals surface area (Å²) in [4.78, 5) is 23.0. The number of carbonyl (C=O) groups is 1. The van der Waals surface area contributed by atoms with Crippen LogP contribution in [-0.2, 0) is 13.2 Å². The summed E-state index contributed by atoms with van der Waals surface area (Å²) < 4.78 is 12.7. The molecule has 162 valence electrons. The fraction of sp³-hybridized carbons (Fsp3) is 0.0909. The first-order valence-corrected chi connectivity index (χ1v) is 9.89. The number of ether oxygens (including phenoxy) is 1. The van der Waals surface area contributed by atoms with Crippen LogP contribution in [0.15, 0.2) is 77.5 Å². The quantitative estimate of drug-likeness (QED) is 0.300. The first-order chi connectivity index (χ1) is 15.5. The Hall–Kier alpha value is -4.11. The number of hydrogen-bond donors (Lipinski definition) is 1. The SMILES string of the molecule is O=C(Nc1cnn(Cc2cccc(Cl)c2)c1)c1ccc(COc2ccccc2[N+](=O)[O-])o1. The van der Waals surface area contributed by atoms with Gasteiger partial charge in [0.1, 0.15) is 12.4 Å². The number of aromatic nitrogens is 2. The fourth-order valence-electron chi connectivity index (χ4n) is 2.99. The third-order valence-electron chi connectivity index (χ3n) is 4.44. The van der Waals surface area contributed by atoms with Crippen molar-refractivity contribution in [3.05, 3.63) is 105 Å². The highest BCUT2D eigenvalue weighted by Crippen LogP contribution is 2.27. The molecule has 0 aliphatic carbocycles. The molecule has 1 N–H and O–H groups in total. The van der Waals surface area contributed by atoms with Gasteiger partial charge in [0, 0.05) is 17.3 Å². The molecule has 9 nitrogen and oxygen atoms in total. The molecule has 4 aromatic rings. The molecule has 1 amide bonds. The van der Waals surface area contributed by atoms with Crippen molar-refractivity contribution in [2.24, 2.45) is 0 Å². The molecule has 0 unspecified atom stereocenters. The molecule has 0 saturated heterocycles. The van der Waals surface area contributed by atoms with Crippen LogP contribution in [0, 0.1) is 10.1 Å². The van der Waals surface area contributed by atoms with E-state index in [1.807, 2.05) is 18.2 Å². The highest BCUT2D eigenvalue weighted by molar-refractivity contribution is 6.30. The molecule has 2 aromatic carbocycles. The molecule has 0 spiro atoms. The Balaban J connectivity index is 1.35. The largest absolute Gasteiger partial charge is 0.479 e. The standard InChI is InChI=1S/C22H17ClN4O5/c23-16-5-3-4-15(10-16)12-26-13-17(11-24-26)25-22(28)21-9-8-18(32-21)14-31-20-7-2-1-6-19(20)27(29)30/h1-11,13H,12,14H2,(H,25,28). The summed E-state index contributed by atoms with van der Waals surface area (Å²) in [5, 5.41) is 18.6. The maximum atomic E-state index is 12.5. The number of benzene rings is 2. The lowest BCUT2D eigenvalue weighted by molar-refractivity contribution is -0.386. The van der Waals surface area contributed by atoms with E-state index < -0.39 is 10.8 Å². The van der Waals surface area contributed by atoms with Gasteiger partial charge in [0.25, 0.3) is 5.91 Å². The molecule has 10 heteroatoms. The van der Waals surface area contributed by atoms with Gasteiger partial charge >= 0.3 is 5.69 Å². The lowest BCUT2D eigenvalue weighted by Crippen LogP contribution is -2.10. The number of amides is 1. The number of carbonyl (C=O) groups excluding carboxylic acids is 1. The molecule has 32 heavy (non-hydrogen) atoms. The van der Waals surface area contributed by atoms with Gasteiger partial charge in [-0.1, -0.05) is 35.9 Å². The Morgan fingerprint density at radius 3 is 2.84 bits per heavy atom. The maximum absolute atomic E-state index is 12.5. The highest BCUT2D eigenvalue weighted by Gasteiger charge is 2.16. The number of nitrogens with one attached hydrogen (secondary N) is 1. The molecule has 0 fully saturated rings. The summed E-state index contributed by atoms with van der Waals surface area (Å²) in [6.45, 7) is 0.444. The smallest absolute Gasteiger partial charge is 0.310 e. The van der Waals surface area contributed by atoms with E-state index in [1.54, 1.807) is 35.1 Å². The third-order valence-corrected chi connectivity index (χ3v) is 4.68. The van der Waals surface area contributed by atoms with Crippen molar-refractivity contribution in [3.63, 3.8) is 0 Å². The number of nitro benzene ring substituents is 1. The van der Waals surface area contributed by atoms with E-state index in [1.165, 1.54) is 24.4 Å². The van der Waals surface area contributed by atoms with E-state index >= 15 is 0 Å². The Labute approximate surface area is 187 Å². The number of nitro groups is 1. The summed E-state index contributed by atoms with van der Waals surface area (Å²) >= 11 is 6.00. The van der Waals surface area contributed by atoms with Gasteiger partial charge in [-0.25, -0.2) is 0 Å². The predicted octanol–water partition coefficient (Wildman–Crippen LogP) is 4.92. The monoisotopic (exact) mass is 452 g/mol. The zero-order valence-corrected chi connectivity index (χ0v) is 17.4. The van der Waals surface area contributed by atoms with Gasteiger partial charge < -0.3 is 14.5 Å². The minimum atomic E-state index is -0.525. The minimum Gasteiger partial charge on any atom is -0.479 e. The molecule has 0 radical (unpaired) electrons. The predicted molar refractivity (Wildman–Crippen MR) is 117 cm³/mol. The first kappa shape index (κ1) is 21.1. The minimum absolute atomic E-state index is 0.0598. The van der Waals surface area contributed by atoms with Crippen LogP contribution in [0.5, 0.6) is 5.75 Å². The van der Waals surface area contributed by atoms with Crippen molar-refractivity contribution >= 4 is 28.9 Å². The van der Waals surface area contributed by atoms with Crippen LogP contribution in [0.2, 0.25) is 5.02 Å². The number of anilines is 1. The van der Waals surface area contributed by atoms with Crippen LogP contribution in [0.4, 0.5) is 11.4 Å². The first-order valence-electron chi connectivity index (χ1n) is 9.51. The summed E-state index contributed by atoms with van der Waals surface area (Å²) in [7, 11) is 0. The Kier molecular flexibility index (Phi) is 6.18. The Bertz CT molecular complexity index is 1270. The molecule has 0 aliphatic heterocycles. The summed E-state index contributed by atoms with van der Waals surface area (Å²) in [6, 6.07) is 16.5. The van der Waals surface area contributed by atoms with E-state index in [9.17, 15) is 14.9 Å². The molecule has 0 aliphatic rings. The zero-order chi connectivity index (χ0) is 22.5. The average molecular weight is 453 g/mol. The number of hydrogen-bond acceptors (Lipinski definition) is 6. The second-order valence-electron chi connectivity index (χ2n) is 6.79. The summed E-state index contributed by atoms with van der Waals surface area (Å²) in [6.07, 6.45) is 3.23. The number of para-hydroxylation sites is 2. The Morgan fingerprint density at radius 1 is 1.19 bits per heavy atom. The molecule has 2 heterocycles. The second-order valence-corrected chi connectivity index (χ2v) is 7.23. The van der Waals surface area contributed by atoms with Gasteiger partial charge in [-0.15, -0.1) is 0 Å². The zero-order valence-electron chi connectivity index (χ0n) is 16.6. The van der Waals surface area contributed by atoms with Crippen molar-refractivity contribution in [1.29, 1.82) is 0 Å². The van der Waals surface area contributed by atoms with E-state index in [0.29, 0.717) is 23.0 Å². The number of halogens is 1. The highest BCUT2D eigenvalue weighted by atomic mass is 35.5. The summed E-state index contributed by atoms with van der Waals surface area (Å²) in [5.74, 6) is 0.0926. The molecule has 0 bridgehead atoms. The lowest BCUT2D eigenvalue weighted by Gasteiger charge is -2.04. The number of nitrogens with zero attached hydrogens (tertiary/aromatic N) is 3. The molecular weight excluding hydrogens is 436 g/mol. The van der Waals surface area contributed by atoms with Gasteiger partial charge in [0.05, 0.1) is 23.4 Å². The van der Waals surface area contributed by atoms with Crippen LogP contribution in [-0.4, -0.2) is 20.6 Å². The van der Waals surface area contributed by atoms with Crippen LogP contribution >= 0.6 is 11.6 Å². The van der Waals surface area contributed by atoms with Gasteiger partial charge in [-0.05, 0) is 35.9 Å². The van der Waals surface area contributed by atoms with Crippen LogP contribution in [0.1, 0.15) is 21.9 Å². The number of rotatable bonds is 8. The molecule has 2 aromatic heterocycles. The second kappa shape index (κ2) is 9.36. The molecular formula is C22H17ClN4O5. The summed E-state index contributed by atoms with van der Waals surface area (Å²) in [5.41, 5.74) is 1.34. The van der Waals surface area contributed by atoms with Crippen molar-refractivity contribution in [3.8, 4) is 5.75 Å². The van der Waals surface area contributed by atoms with Crippen molar-refractivity contribution in [2.45, 2.75) is 13.2 Å². The number of furan rings is 1. The van der Waals surface area contributed by atoms with Gasteiger partial charge in [0.2, 0.25) is 0 Å². The van der Waals surface area contributed by atoms with E-state index in [-0.39, 0.29) is 23.8 Å². The fourth-order valence-corrected chi connectivity index (χ4v) is 3.20. The van der Waals surface area contributed by atoms with Crippen molar-refractivity contribution < 1.29 is 18.9 Å². The van der Waals surface area contributed by atoms with E-state index in [2.05, 4.69) is 10.4 Å². The average Bonchev–Trinajstić information content (AvgIpc) is 3.42. The third kappa shape index (κ3) is 5.13. The van der Waals surface area contributed by atoms with Gasteiger partial charge in [-0.3, -0.25) is 19.6 Å². The topological polar surface area (TPSA) is 112 Å². The molecule has 0 atom stereocenters. The van der Waals surface area contributed by atoms with Crippen LogP contribution in [0.3, 0.4) is 0 Å². The van der Waals surface area contributed by atoms with Gasteiger partial charge in [0.15, 0.2) is 11.5 Å². The lowest BCUT2D eigenvalue weighted by atomic mass is 10.2. The Morgan fingerprint density at radius 2 is 2.03 bits per heavy atom. The van der Waals surface area contributed by atoms with Crippen molar-refractivity contribution in [1.82, 2.24) is 9.78 Å².